The van der Waals surface area contributed by atoms with Crippen LogP contribution >= 0.6 is 0 Å². The number of carbonyl (C=O) groups is 4. The number of nitrogens with zero attached hydrogens (tertiary/aromatic N) is 1. The number of nitrogens with one attached hydrogen (secondary N) is 1. The number of imide groups is 1. The maximum absolute atomic E-state index is 12.7. The zero-order chi connectivity index (χ0) is 18.7. The highest BCUT2D eigenvalue weighted by Gasteiger charge is 2.39. The van der Waals surface area contributed by atoms with Gasteiger partial charge in [-0.3, -0.25) is 19.7 Å². The standard InChI is InChI=1S/C18H20N2O6/c21-15-7-6-14(17(24)19-15)20-9-13-11(3-1-5-12(13)18(20)25)4-2-8-26-10-16(22)23/h1,3,5,14H,2,4,6-10H2,(H,22,23)(H,19,21,24). The first-order chi connectivity index (χ1) is 12.5. The highest BCUT2D eigenvalue weighted by atomic mass is 16.5. The van der Waals surface area contributed by atoms with Crippen molar-refractivity contribution in [2.24, 2.45) is 0 Å². The van der Waals surface area contributed by atoms with E-state index >= 15 is 0 Å². The largest absolute Gasteiger partial charge is 0.480 e. The number of hydrogen-bond donors (Lipinski definition) is 2. The third kappa shape index (κ3) is 3.75. The molecule has 0 aliphatic carbocycles. The van der Waals surface area contributed by atoms with Crippen molar-refractivity contribution in [2.75, 3.05) is 13.2 Å². The Labute approximate surface area is 150 Å². The van der Waals surface area contributed by atoms with E-state index < -0.39 is 17.9 Å². The van der Waals surface area contributed by atoms with Crippen LogP contribution in [0.1, 0.15) is 40.7 Å². The molecule has 0 bridgehead atoms. The van der Waals surface area contributed by atoms with Gasteiger partial charge in [0.05, 0.1) is 0 Å². The fraction of sp³-hybridized carbons (Fsp3) is 0.444. The molecule has 0 aromatic heterocycles. The zero-order valence-electron chi connectivity index (χ0n) is 14.2. The van der Waals surface area contributed by atoms with Crippen LogP contribution in [0.25, 0.3) is 0 Å². The monoisotopic (exact) mass is 360 g/mol. The first-order valence-electron chi connectivity index (χ1n) is 8.52. The number of carbonyl (C=O) groups excluding carboxylic acids is 3. The van der Waals surface area contributed by atoms with Gasteiger partial charge in [0.1, 0.15) is 12.6 Å². The average molecular weight is 360 g/mol. The lowest BCUT2D eigenvalue weighted by molar-refractivity contribution is -0.142. The molecule has 1 saturated heterocycles. The van der Waals surface area contributed by atoms with Gasteiger partial charge in [-0.1, -0.05) is 12.1 Å². The van der Waals surface area contributed by atoms with Crippen molar-refractivity contribution in [3.8, 4) is 0 Å². The number of piperidine rings is 1. The molecule has 2 N–H and O–H groups in total. The Balaban J connectivity index is 1.66. The van der Waals surface area contributed by atoms with Crippen molar-refractivity contribution in [3.63, 3.8) is 0 Å². The molecule has 1 aromatic rings. The SMILES string of the molecule is O=C(O)COCCCc1cccc2c1CN(C1CCC(=O)NC1=O)C2=O. The third-order valence-electron chi connectivity index (χ3n) is 4.64. The number of aliphatic carboxylic acids is 1. The lowest BCUT2D eigenvalue weighted by Gasteiger charge is -2.29. The maximum atomic E-state index is 12.7. The lowest BCUT2D eigenvalue weighted by atomic mass is 10.00. The third-order valence-corrected chi connectivity index (χ3v) is 4.64. The van der Waals surface area contributed by atoms with Crippen LogP contribution in [0.2, 0.25) is 0 Å². The number of carboxylic acids is 1. The number of aryl methyl sites for hydroxylation is 1. The minimum absolute atomic E-state index is 0.196. The first kappa shape index (κ1) is 18.1. The van der Waals surface area contributed by atoms with Gasteiger partial charge in [-0.2, -0.15) is 0 Å². The predicted molar refractivity (Wildman–Crippen MR) is 89.3 cm³/mol. The molecule has 2 aliphatic heterocycles. The predicted octanol–water partition coefficient (Wildman–Crippen LogP) is 0.481. The van der Waals surface area contributed by atoms with Gasteiger partial charge < -0.3 is 14.7 Å². The summed E-state index contributed by atoms with van der Waals surface area (Å²) in [6.07, 6.45) is 1.85. The van der Waals surface area contributed by atoms with Gasteiger partial charge >= 0.3 is 5.97 Å². The lowest BCUT2D eigenvalue weighted by Crippen LogP contribution is -2.52. The van der Waals surface area contributed by atoms with E-state index in [0.717, 1.165) is 11.1 Å². The van der Waals surface area contributed by atoms with E-state index in [0.29, 0.717) is 38.0 Å². The van der Waals surface area contributed by atoms with E-state index in [-0.39, 0.29) is 24.8 Å². The van der Waals surface area contributed by atoms with Gasteiger partial charge in [-0.05, 0) is 36.5 Å². The van der Waals surface area contributed by atoms with Crippen LogP contribution in [-0.2, 0) is 32.1 Å². The second-order valence-corrected chi connectivity index (χ2v) is 6.39. The van der Waals surface area contributed by atoms with Crippen molar-refractivity contribution in [1.82, 2.24) is 10.2 Å². The number of amides is 3. The Morgan fingerprint density at radius 1 is 1.31 bits per heavy atom. The van der Waals surface area contributed by atoms with Crippen LogP contribution in [-0.4, -0.2) is 53.0 Å². The van der Waals surface area contributed by atoms with Gasteiger partial charge in [-0.25, -0.2) is 4.79 Å². The van der Waals surface area contributed by atoms with Crippen LogP contribution in [0.5, 0.6) is 0 Å². The molecule has 2 aliphatic rings. The summed E-state index contributed by atoms with van der Waals surface area (Å²) in [4.78, 5) is 48.1. The minimum Gasteiger partial charge on any atom is -0.480 e. The first-order valence-corrected chi connectivity index (χ1v) is 8.52. The molecule has 2 heterocycles. The Bertz CT molecular complexity index is 760. The van der Waals surface area contributed by atoms with Crippen molar-refractivity contribution in [3.05, 3.63) is 34.9 Å². The quantitative estimate of drug-likeness (QED) is 0.540. The van der Waals surface area contributed by atoms with Crippen LogP contribution in [0.4, 0.5) is 0 Å². The highest BCUT2D eigenvalue weighted by molar-refractivity contribution is 6.05. The topological polar surface area (TPSA) is 113 Å². The summed E-state index contributed by atoms with van der Waals surface area (Å²) in [5.74, 6) is -1.93. The summed E-state index contributed by atoms with van der Waals surface area (Å²) >= 11 is 0. The summed E-state index contributed by atoms with van der Waals surface area (Å²) < 4.78 is 5.04. The van der Waals surface area contributed by atoms with Gasteiger partial charge in [0.2, 0.25) is 11.8 Å². The minimum atomic E-state index is -1.00. The van der Waals surface area contributed by atoms with Crippen molar-refractivity contribution in [2.45, 2.75) is 38.3 Å². The Kier molecular flexibility index (Phi) is 5.32. The van der Waals surface area contributed by atoms with E-state index in [2.05, 4.69) is 5.32 Å². The fourth-order valence-electron chi connectivity index (χ4n) is 3.41. The number of rotatable bonds is 7. The molecule has 3 amide bonds. The molecule has 26 heavy (non-hydrogen) atoms. The van der Waals surface area contributed by atoms with E-state index in [1.807, 2.05) is 6.07 Å². The Morgan fingerprint density at radius 2 is 2.12 bits per heavy atom. The molecule has 0 radical (unpaired) electrons. The highest BCUT2D eigenvalue weighted by Crippen LogP contribution is 2.30. The summed E-state index contributed by atoms with van der Waals surface area (Å²) in [6, 6.07) is 4.85. The van der Waals surface area contributed by atoms with Crippen LogP contribution in [0.15, 0.2) is 18.2 Å². The van der Waals surface area contributed by atoms with E-state index in [1.54, 1.807) is 12.1 Å². The molecule has 0 saturated carbocycles. The van der Waals surface area contributed by atoms with Crippen molar-refractivity contribution >= 4 is 23.7 Å². The summed E-state index contributed by atoms with van der Waals surface area (Å²) in [5.41, 5.74) is 2.46. The molecular weight excluding hydrogens is 340 g/mol. The number of ether oxygens (including phenoxy) is 1. The number of fused-ring (bicyclic) bond motifs is 1. The second kappa shape index (κ2) is 7.65. The summed E-state index contributed by atoms with van der Waals surface area (Å²) in [5, 5.41) is 10.8. The number of hydrogen-bond acceptors (Lipinski definition) is 5. The average Bonchev–Trinajstić information content (AvgIpc) is 2.92. The van der Waals surface area contributed by atoms with E-state index in [1.165, 1.54) is 4.90 Å². The molecule has 3 rings (SSSR count). The Hall–Kier alpha value is -2.74. The summed E-state index contributed by atoms with van der Waals surface area (Å²) in [7, 11) is 0. The molecule has 1 fully saturated rings. The van der Waals surface area contributed by atoms with Crippen LogP contribution in [0, 0.1) is 0 Å². The molecule has 138 valence electrons. The van der Waals surface area contributed by atoms with E-state index in [9.17, 15) is 19.2 Å². The van der Waals surface area contributed by atoms with Gasteiger partial charge in [0, 0.05) is 25.1 Å². The molecule has 0 spiro atoms. The van der Waals surface area contributed by atoms with Crippen molar-refractivity contribution in [1.29, 1.82) is 0 Å². The summed E-state index contributed by atoms with van der Waals surface area (Å²) in [6.45, 7) is 0.335. The number of benzene rings is 1. The van der Waals surface area contributed by atoms with Gasteiger partial charge in [0.15, 0.2) is 0 Å². The molecule has 1 aromatic carbocycles. The normalized spacial score (nSPS) is 19.5. The van der Waals surface area contributed by atoms with E-state index in [4.69, 9.17) is 9.84 Å². The van der Waals surface area contributed by atoms with Gasteiger partial charge in [0.25, 0.3) is 5.91 Å². The van der Waals surface area contributed by atoms with Crippen LogP contribution < -0.4 is 5.32 Å². The smallest absolute Gasteiger partial charge is 0.329 e. The van der Waals surface area contributed by atoms with Crippen LogP contribution in [0.3, 0.4) is 0 Å². The van der Waals surface area contributed by atoms with Gasteiger partial charge in [-0.15, -0.1) is 0 Å². The maximum Gasteiger partial charge on any atom is 0.329 e. The fourth-order valence-corrected chi connectivity index (χ4v) is 3.41. The zero-order valence-corrected chi connectivity index (χ0v) is 14.2. The molecule has 1 atom stereocenters. The molecule has 1 unspecified atom stereocenters. The molecule has 8 nitrogen and oxygen atoms in total. The second-order valence-electron chi connectivity index (χ2n) is 6.39. The molecular formula is C18H20N2O6. The Morgan fingerprint density at radius 3 is 2.85 bits per heavy atom. The van der Waals surface area contributed by atoms with Crippen molar-refractivity contribution < 1.29 is 29.0 Å². The number of carboxylic acid groups (broad SMARTS) is 1. The molecule has 8 heteroatoms.